The van der Waals surface area contributed by atoms with Gasteiger partial charge in [0.1, 0.15) is 23.2 Å². The fourth-order valence-electron chi connectivity index (χ4n) is 6.10. The SMILES string of the molecule is O=C(CC1=CCc2ccc(F)cc21)C[C@@H](Cc1cc(F)cc(F)c1)c1ncccc1-c1ccc(S(=O)(=O)N2CCOCC2)cc1. The number of hydrogen-bond acceptors (Lipinski definition) is 5. The van der Waals surface area contributed by atoms with E-state index in [1.54, 1.807) is 42.6 Å². The number of hydrogen-bond donors (Lipinski definition) is 0. The van der Waals surface area contributed by atoms with E-state index in [2.05, 4.69) is 4.98 Å². The Morgan fingerprint density at radius 1 is 0.889 bits per heavy atom. The Kier molecular flexibility index (Phi) is 8.98. The zero-order chi connectivity index (χ0) is 31.6. The molecular weight excluding hydrogens is 601 g/mol. The van der Waals surface area contributed by atoms with E-state index in [1.165, 1.54) is 28.6 Å². The number of benzene rings is 3. The first kappa shape index (κ1) is 30.9. The molecule has 2 heterocycles. The van der Waals surface area contributed by atoms with Gasteiger partial charge >= 0.3 is 0 Å². The van der Waals surface area contributed by atoms with Crippen LogP contribution in [0.25, 0.3) is 16.7 Å². The monoisotopic (exact) mass is 632 g/mol. The van der Waals surface area contributed by atoms with Crippen LogP contribution in [0.1, 0.15) is 41.1 Å². The highest BCUT2D eigenvalue weighted by atomic mass is 32.2. The number of carbonyl (C=O) groups excluding carboxylic acids is 1. The molecule has 1 atom stereocenters. The Hall–Kier alpha value is -4.12. The summed E-state index contributed by atoms with van der Waals surface area (Å²) in [5.74, 6) is -2.49. The number of morpholine rings is 1. The van der Waals surface area contributed by atoms with Crippen molar-refractivity contribution in [3.05, 3.63) is 125 Å². The summed E-state index contributed by atoms with van der Waals surface area (Å²) < 4.78 is 75.3. The predicted molar refractivity (Wildman–Crippen MR) is 164 cm³/mol. The van der Waals surface area contributed by atoms with Crippen LogP contribution in [0.5, 0.6) is 0 Å². The van der Waals surface area contributed by atoms with Gasteiger partial charge in [-0.3, -0.25) is 9.78 Å². The van der Waals surface area contributed by atoms with Crippen molar-refractivity contribution >= 4 is 21.4 Å². The minimum Gasteiger partial charge on any atom is -0.379 e. The van der Waals surface area contributed by atoms with Crippen LogP contribution in [0.3, 0.4) is 0 Å². The average molecular weight is 633 g/mol. The second-order valence-corrected chi connectivity index (χ2v) is 13.2. The quantitative estimate of drug-likeness (QED) is 0.200. The van der Waals surface area contributed by atoms with Crippen molar-refractivity contribution in [3.63, 3.8) is 0 Å². The molecule has 1 saturated heterocycles. The molecule has 0 unspecified atom stereocenters. The number of allylic oxidation sites excluding steroid dienone is 2. The number of halogens is 3. The third-order valence-electron chi connectivity index (χ3n) is 8.25. The minimum atomic E-state index is -3.69. The fraction of sp³-hybridized carbons (Fsp3) is 0.257. The molecule has 0 spiro atoms. The number of carbonyl (C=O) groups is 1. The van der Waals surface area contributed by atoms with Crippen molar-refractivity contribution in [3.8, 4) is 11.1 Å². The Labute approximate surface area is 260 Å². The van der Waals surface area contributed by atoms with Crippen LogP contribution in [-0.4, -0.2) is 49.8 Å². The first-order chi connectivity index (χ1) is 21.7. The second kappa shape index (κ2) is 13.1. The number of aromatic nitrogens is 1. The lowest BCUT2D eigenvalue weighted by atomic mass is 9.85. The van der Waals surface area contributed by atoms with Crippen molar-refractivity contribution in [1.29, 1.82) is 0 Å². The molecule has 1 aliphatic carbocycles. The average Bonchev–Trinajstić information content (AvgIpc) is 3.42. The number of Topliss-reactive ketones (excluding diaryl/α,β-unsaturated/α-hetero) is 1. The fourth-order valence-corrected chi connectivity index (χ4v) is 7.51. The Balaban J connectivity index is 1.30. The van der Waals surface area contributed by atoms with Crippen LogP contribution >= 0.6 is 0 Å². The highest BCUT2D eigenvalue weighted by Crippen LogP contribution is 2.36. The predicted octanol–water partition coefficient (Wildman–Crippen LogP) is 6.50. The molecule has 1 fully saturated rings. The number of nitrogens with zero attached hydrogens (tertiary/aromatic N) is 2. The maximum absolute atomic E-state index is 14.2. The van der Waals surface area contributed by atoms with E-state index in [-0.39, 0.29) is 48.8 Å². The van der Waals surface area contributed by atoms with Crippen molar-refractivity contribution in [2.75, 3.05) is 26.3 Å². The molecule has 232 valence electrons. The first-order valence-electron chi connectivity index (χ1n) is 14.7. The lowest BCUT2D eigenvalue weighted by Gasteiger charge is -2.26. The highest BCUT2D eigenvalue weighted by Gasteiger charge is 2.28. The molecule has 6 rings (SSSR count). The van der Waals surface area contributed by atoms with Crippen LogP contribution in [0, 0.1) is 17.5 Å². The lowest BCUT2D eigenvalue weighted by molar-refractivity contribution is -0.118. The third-order valence-corrected chi connectivity index (χ3v) is 10.2. The third kappa shape index (κ3) is 6.93. The molecule has 4 aromatic rings. The zero-order valence-electron chi connectivity index (χ0n) is 24.4. The summed E-state index contributed by atoms with van der Waals surface area (Å²) in [7, 11) is -3.69. The Morgan fingerprint density at radius 2 is 1.62 bits per heavy atom. The molecule has 1 aliphatic heterocycles. The maximum atomic E-state index is 14.2. The molecule has 3 aromatic carbocycles. The van der Waals surface area contributed by atoms with Crippen molar-refractivity contribution in [2.24, 2.45) is 0 Å². The van der Waals surface area contributed by atoms with Crippen LogP contribution in [0.2, 0.25) is 0 Å². The van der Waals surface area contributed by atoms with Gasteiger partial charge in [0.05, 0.1) is 23.8 Å². The topological polar surface area (TPSA) is 76.6 Å². The van der Waals surface area contributed by atoms with Gasteiger partial charge < -0.3 is 4.74 Å². The normalized spacial score (nSPS) is 15.8. The molecular formula is C35H31F3N2O4S. The highest BCUT2D eigenvalue weighted by molar-refractivity contribution is 7.89. The first-order valence-corrected chi connectivity index (χ1v) is 16.2. The van der Waals surface area contributed by atoms with Crippen LogP contribution < -0.4 is 0 Å². The largest absolute Gasteiger partial charge is 0.379 e. The Bertz CT molecular complexity index is 1850. The van der Waals surface area contributed by atoms with E-state index < -0.39 is 27.6 Å². The smallest absolute Gasteiger partial charge is 0.243 e. The molecule has 0 saturated carbocycles. The number of rotatable bonds is 10. The van der Waals surface area contributed by atoms with Gasteiger partial charge in [0.2, 0.25) is 10.0 Å². The summed E-state index contributed by atoms with van der Waals surface area (Å²) in [6, 6.07) is 17.9. The van der Waals surface area contributed by atoms with Gasteiger partial charge in [0.25, 0.3) is 0 Å². The number of fused-ring (bicyclic) bond motifs is 1. The van der Waals surface area contributed by atoms with E-state index in [4.69, 9.17) is 4.74 Å². The van der Waals surface area contributed by atoms with E-state index >= 15 is 0 Å². The number of pyridine rings is 1. The molecule has 45 heavy (non-hydrogen) atoms. The molecule has 0 amide bonds. The van der Waals surface area contributed by atoms with Crippen molar-refractivity contribution in [2.45, 2.75) is 36.5 Å². The maximum Gasteiger partial charge on any atom is 0.243 e. The Morgan fingerprint density at radius 3 is 2.36 bits per heavy atom. The number of ketones is 1. The van der Waals surface area contributed by atoms with Crippen LogP contribution in [0.4, 0.5) is 13.2 Å². The van der Waals surface area contributed by atoms with Gasteiger partial charge in [-0.2, -0.15) is 4.31 Å². The second-order valence-electron chi connectivity index (χ2n) is 11.3. The molecule has 10 heteroatoms. The van der Waals surface area contributed by atoms with E-state index in [9.17, 15) is 26.4 Å². The van der Waals surface area contributed by atoms with E-state index in [0.29, 0.717) is 42.0 Å². The number of sulfonamides is 1. The lowest BCUT2D eigenvalue weighted by Crippen LogP contribution is -2.40. The van der Waals surface area contributed by atoms with Crippen LogP contribution in [-0.2, 0) is 32.4 Å². The van der Waals surface area contributed by atoms with Gasteiger partial charge in [-0.25, -0.2) is 21.6 Å². The molecule has 1 aromatic heterocycles. The summed E-state index contributed by atoms with van der Waals surface area (Å²) in [6.45, 7) is 1.24. The summed E-state index contributed by atoms with van der Waals surface area (Å²) in [5.41, 5.74) is 4.71. The van der Waals surface area contributed by atoms with Gasteiger partial charge in [0.15, 0.2) is 0 Å². The standard InChI is InChI=1S/C35H31F3N2O4S/c36-28-8-5-25-3-4-26(34(25)22-28)19-31(41)20-27(16-23-17-29(37)21-30(38)18-23)35-33(2-1-11-39-35)24-6-9-32(10-7-24)45(42,43)40-12-14-44-15-13-40/h1-2,4-11,17-18,21-22,27H,3,12-16,19-20H2/t27-/m1/s1. The van der Waals surface area contributed by atoms with Gasteiger partial charge in [-0.05, 0) is 83.1 Å². The molecule has 6 nitrogen and oxygen atoms in total. The summed E-state index contributed by atoms with van der Waals surface area (Å²) in [5, 5.41) is 0. The molecule has 2 aliphatic rings. The molecule has 0 N–H and O–H groups in total. The molecule has 0 bridgehead atoms. The van der Waals surface area contributed by atoms with Gasteiger partial charge in [0, 0.05) is 49.7 Å². The summed E-state index contributed by atoms with van der Waals surface area (Å²) in [6.07, 6.45) is 4.38. The van der Waals surface area contributed by atoms with Crippen molar-refractivity contribution < 1.29 is 31.1 Å². The van der Waals surface area contributed by atoms with Gasteiger partial charge in [-0.1, -0.05) is 30.3 Å². The summed E-state index contributed by atoms with van der Waals surface area (Å²) >= 11 is 0. The van der Waals surface area contributed by atoms with E-state index in [0.717, 1.165) is 22.8 Å². The number of ether oxygens (including phenoxy) is 1. The van der Waals surface area contributed by atoms with Gasteiger partial charge in [-0.15, -0.1) is 0 Å². The minimum absolute atomic E-state index is 0.0215. The molecule has 0 radical (unpaired) electrons. The van der Waals surface area contributed by atoms with Crippen LogP contribution in [0.15, 0.2) is 90.0 Å². The zero-order valence-corrected chi connectivity index (χ0v) is 25.2. The van der Waals surface area contributed by atoms with Crippen molar-refractivity contribution in [1.82, 2.24) is 9.29 Å². The summed E-state index contributed by atoms with van der Waals surface area (Å²) in [4.78, 5) is 18.3. The van der Waals surface area contributed by atoms with E-state index in [1.807, 2.05) is 12.1 Å².